The fraction of sp³-hybridized carbons (Fsp3) is 0.125. The zero-order valence-electron chi connectivity index (χ0n) is 10.8. The van der Waals surface area contributed by atoms with Gasteiger partial charge >= 0.3 is 0 Å². The fourth-order valence-electron chi connectivity index (χ4n) is 2.00. The van der Waals surface area contributed by atoms with E-state index in [4.69, 9.17) is 21.3 Å². The smallest absolute Gasteiger partial charge is 0.227 e. The van der Waals surface area contributed by atoms with E-state index in [0.29, 0.717) is 16.5 Å². The number of halogens is 1. The van der Waals surface area contributed by atoms with Crippen LogP contribution in [-0.2, 0) is 0 Å². The number of hydrogen-bond acceptors (Lipinski definition) is 3. The Balaban J connectivity index is 2.07. The number of rotatable bonds is 2. The molecule has 1 heterocycles. The molecule has 0 aliphatic carbocycles. The molecule has 20 heavy (non-hydrogen) atoms. The Bertz CT molecular complexity index is 799. The number of hydrogen-bond donors (Lipinski definition) is 0. The third-order valence-electron chi connectivity index (χ3n) is 3.20. The molecule has 0 N–H and O–H groups in total. The summed E-state index contributed by atoms with van der Waals surface area (Å²) in [6, 6.07) is 15.2. The third kappa shape index (κ3) is 2.26. The molecule has 0 unspecified atom stereocenters. The van der Waals surface area contributed by atoms with Crippen LogP contribution in [0.4, 0.5) is 0 Å². The van der Waals surface area contributed by atoms with Gasteiger partial charge in [0.25, 0.3) is 0 Å². The molecular weight excluding hydrogens is 272 g/mol. The Kier molecular flexibility index (Phi) is 3.17. The highest BCUT2D eigenvalue weighted by molar-refractivity contribution is 6.30. The number of fused-ring (bicyclic) bond motifs is 1. The van der Waals surface area contributed by atoms with Gasteiger partial charge in [0.15, 0.2) is 5.58 Å². The Hall–Kier alpha value is -2.31. The van der Waals surface area contributed by atoms with Crippen LogP contribution in [0.15, 0.2) is 46.9 Å². The van der Waals surface area contributed by atoms with Crippen molar-refractivity contribution in [2.24, 2.45) is 0 Å². The van der Waals surface area contributed by atoms with Crippen LogP contribution >= 0.6 is 11.6 Å². The van der Waals surface area contributed by atoms with Gasteiger partial charge in [-0.2, -0.15) is 5.26 Å². The second kappa shape index (κ2) is 4.99. The topological polar surface area (TPSA) is 49.8 Å². The third-order valence-corrected chi connectivity index (χ3v) is 3.45. The summed E-state index contributed by atoms with van der Waals surface area (Å²) in [5.41, 5.74) is 3.29. The first-order valence-electron chi connectivity index (χ1n) is 6.23. The summed E-state index contributed by atoms with van der Waals surface area (Å²) < 4.78 is 5.73. The van der Waals surface area contributed by atoms with E-state index >= 15 is 0 Å². The molecule has 3 nitrogen and oxygen atoms in total. The zero-order valence-corrected chi connectivity index (χ0v) is 11.6. The molecule has 0 aliphatic heterocycles. The van der Waals surface area contributed by atoms with Crippen LogP contribution in [0.25, 0.3) is 22.6 Å². The van der Waals surface area contributed by atoms with Crippen molar-refractivity contribution >= 4 is 22.7 Å². The largest absolute Gasteiger partial charge is 0.436 e. The lowest BCUT2D eigenvalue weighted by Gasteiger charge is -2.00. The molecule has 0 bridgehead atoms. The summed E-state index contributed by atoms with van der Waals surface area (Å²) >= 11 is 5.87. The summed E-state index contributed by atoms with van der Waals surface area (Å²) in [5, 5.41) is 9.64. The molecule has 3 rings (SSSR count). The maximum Gasteiger partial charge on any atom is 0.227 e. The molecule has 0 saturated carbocycles. The highest BCUT2D eigenvalue weighted by atomic mass is 35.5. The van der Waals surface area contributed by atoms with Crippen LogP contribution in [-0.4, -0.2) is 4.98 Å². The van der Waals surface area contributed by atoms with Gasteiger partial charge in [-0.15, -0.1) is 0 Å². The summed E-state index contributed by atoms with van der Waals surface area (Å²) in [4.78, 5) is 4.47. The van der Waals surface area contributed by atoms with Crippen LogP contribution < -0.4 is 0 Å². The van der Waals surface area contributed by atoms with Gasteiger partial charge in [-0.25, -0.2) is 4.98 Å². The van der Waals surface area contributed by atoms with Gasteiger partial charge in [0.05, 0.1) is 12.0 Å². The van der Waals surface area contributed by atoms with Crippen molar-refractivity contribution in [1.29, 1.82) is 5.26 Å². The molecule has 0 saturated heterocycles. The molecule has 0 amide bonds. The van der Waals surface area contributed by atoms with E-state index in [0.717, 1.165) is 16.6 Å². The Morgan fingerprint density at radius 3 is 2.65 bits per heavy atom. The number of nitriles is 1. The average molecular weight is 283 g/mol. The van der Waals surface area contributed by atoms with Crippen LogP contribution in [0.5, 0.6) is 0 Å². The van der Waals surface area contributed by atoms with Gasteiger partial charge in [-0.05, 0) is 48.9 Å². The first-order chi connectivity index (χ1) is 9.67. The summed E-state index contributed by atoms with van der Waals surface area (Å²) in [6.45, 7) is 1.86. The minimum Gasteiger partial charge on any atom is -0.436 e. The SMILES string of the molecule is C[C@H](C#N)c1ccc2oc(-c3ccc(Cl)cc3)nc2c1. The lowest BCUT2D eigenvalue weighted by atomic mass is 10.0. The summed E-state index contributed by atoms with van der Waals surface area (Å²) in [7, 11) is 0. The van der Waals surface area contributed by atoms with Crippen molar-refractivity contribution in [2.75, 3.05) is 0 Å². The minimum atomic E-state index is -0.157. The Morgan fingerprint density at radius 2 is 1.95 bits per heavy atom. The van der Waals surface area contributed by atoms with Crippen molar-refractivity contribution in [3.63, 3.8) is 0 Å². The van der Waals surface area contributed by atoms with Gasteiger partial charge in [-0.1, -0.05) is 17.7 Å². The van der Waals surface area contributed by atoms with E-state index in [1.165, 1.54) is 0 Å². The predicted molar refractivity (Wildman–Crippen MR) is 78.5 cm³/mol. The number of oxazole rings is 1. The van der Waals surface area contributed by atoms with Crippen LogP contribution in [0.3, 0.4) is 0 Å². The van der Waals surface area contributed by atoms with Gasteiger partial charge in [0.2, 0.25) is 5.89 Å². The molecular formula is C16H11ClN2O. The maximum atomic E-state index is 8.96. The highest BCUT2D eigenvalue weighted by Gasteiger charge is 2.11. The van der Waals surface area contributed by atoms with Gasteiger partial charge in [-0.3, -0.25) is 0 Å². The molecule has 0 aliphatic rings. The molecule has 0 fully saturated rings. The second-order valence-corrected chi connectivity index (χ2v) is 5.04. The first-order valence-corrected chi connectivity index (χ1v) is 6.61. The number of aromatic nitrogens is 1. The van der Waals surface area contributed by atoms with E-state index in [-0.39, 0.29) is 5.92 Å². The predicted octanol–water partition coefficient (Wildman–Crippen LogP) is 4.78. The quantitative estimate of drug-likeness (QED) is 0.680. The van der Waals surface area contributed by atoms with Crippen LogP contribution in [0.1, 0.15) is 18.4 Å². The number of benzene rings is 2. The van der Waals surface area contributed by atoms with Crippen molar-refractivity contribution in [2.45, 2.75) is 12.8 Å². The molecule has 1 atom stereocenters. The summed E-state index contributed by atoms with van der Waals surface area (Å²) in [5.74, 6) is 0.397. The van der Waals surface area contributed by atoms with Crippen molar-refractivity contribution in [3.05, 3.63) is 53.1 Å². The lowest BCUT2D eigenvalue weighted by Crippen LogP contribution is -1.88. The molecule has 3 aromatic rings. The Labute approximate surface area is 121 Å². The van der Waals surface area contributed by atoms with Crippen LogP contribution in [0.2, 0.25) is 5.02 Å². The Morgan fingerprint density at radius 1 is 1.20 bits per heavy atom. The van der Waals surface area contributed by atoms with Crippen molar-refractivity contribution < 1.29 is 4.42 Å². The average Bonchev–Trinajstić information content (AvgIpc) is 2.90. The molecule has 0 radical (unpaired) electrons. The van der Waals surface area contributed by atoms with E-state index in [9.17, 15) is 0 Å². The monoisotopic (exact) mass is 282 g/mol. The van der Waals surface area contributed by atoms with E-state index in [1.54, 1.807) is 12.1 Å². The lowest BCUT2D eigenvalue weighted by molar-refractivity contribution is 0.620. The fourth-order valence-corrected chi connectivity index (χ4v) is 2.13. The highest BCUT2D eigenvalue weighted by Crippen LogP contribution is 2.27. The maximum absolute atomic E-state index is 8.96. The molecule has 2 aromatic carbocycles. The molecule has 0 spiro atoms. The second-order valence-electron chi connectivity index (χ2n) is 4.60. The molecule has 1 aromatic heterocycles. The van der Waals surface area contributed by atoms with E-state index in [2.05, 4.69) is 11.1 Å². The van der Waals surface area contributed by atoms with Crippen molar-refractivity contribution in [1.82, 2.24) is 4.98 Å². The normalized spacial score (nSPS) is 12.2. The van der Waals surface area contributed by atoms with Gasteiger partial charge in [0.1, 0.15) is 5.52 Å². The van der Waals surface area contributed by atoms with Gasteiger partial charge < -0.3 is 4.42 Å². The first kappa shape index (κ1) is 12.7. The standard InChI is InChI=1S/C16H11ClN2O/c1-10(9-18)12-4-7-15-14(8-12)19-16(20-15)11-2-5-13(17)6-3-11/h2-8,10H,1H3/t10-/m1/s1. The minimum absolute atomic E-state index is 0.157. The van der Waals surface area contributed by atoms with E-state index in [1.807, 2.05) is 37.3 Å². The molecule has 4 heteroatoms. The van der Waals surface area contributed by atoms with Crippen LogP contribution in [0, 0.1) is 11.3 Å². The number of nitrogens with zero attached hydrogens (tertiary/aromatic N) is 2. The van der Waals surface area contributed by atoms with Crippen molar-refractivity contribution in [3.8, 4) is 17.5 Å². The molecule has 98 valence electrons. The summed E-state index contributed by atoms with van der Waals surface area (Å²) in [6.07, 6.45) is 0. The van der Waals surface area contributed by atoms with Gasteiger partial charge in [0, 0.05) is 10.6 Å². The van der Waals surface area contributed by atoms with E-state index < -0.39 is 0 Å². The zero-order chi connectivity index (χ0) is 14.1.